The number of aryl methyl sites for hydroxylation is 1. The van der Waals surface area contributed by atoms with E-state index < -0.39 is 6.04 Å². The summed E-state index contributed by atoms with van der Waals surface area (Å²) in [6.07, 6.45) is 0.884. The maximum atomic E-state index is 13.5. The van der Waals surface area contributed by atoms with Crippen molar-refractivity contribution in [3.8, 4) is 0 Å². The summed E-state index contributed by atoms with van der Waals surface area (Å²) in [5, 5.41) is 2.95. The van der Waals surface area contributed by atoms with Crippen molar-refractivity contribution in [3.63, 3.8) is 0 Å². The van der Waals surface area contributed by atoms with E-state index >= 15 is 0 Å². The molecule has 0 aliphatic carbocycles. The van der Waals surface area contributed by atoms with Crippen LogP contribution < -0.4 is 5.32 Å². The molecule has 178 valence electrons. The minimum absolute atomic E-state index is 0.00770. The molecule has 0 unspecified atom stereocenters. The van der Waals surface area contributed by atoms with Gasteiger partial charge in [0.25, 0.3) is 0 Å². The molecule has 0 aromatic heterocycles. The molecule has 2 amide bonds. The zero-order chi connectivity index (χ0) is 24.2. The minimum Gasteiger partial charge on any atom is -0.355 e. The van der Waals surface area contributed by atoms with Crippen LogP contribution in [0.3, 0.4) is 0 Å². The van der Waals surface area contributed by atoms with Crippen LogP contribution in [0.25, 0.3) is 0 Å². The van der Waals surface area contributed by atoms with E-state index in [2.05, 4.69) is 17.4 Å². The third-order valence-corrected chi connectivity index (χ3v) is 6.70. The highest BCUT2D eigenvalue weighted by Crippen LogP contribution is 2.18. The van der Waals surface area contributed by atoms with Gasteiger partial charge in [0.1, 0.15) is 6.04 Å². The molecule has 3 aromatic carbocycles. The van der Waals surface area contributed by atoms with Gasteiger partial charge in [-0.15, -0.1) is 0 Å². The summed E-state index contributed by atoms with van der Waals surface area (Å²) < 4.78 is 0. The molecule has 0 aliphatic rings. The summed E-state index contributed by atoms with van der Waals surface area (Å²) in [5.41, 5.74) is 4.49. The number of nitrogens with zero attached hydrogens (tertiary/aromatic N) is 1. The molecule has 0 fully saturated rings. The van der Waals surface area contributed by atoms with Gasteiger partial charge in [-0.2, -0.15) is 11.8 Å². The van der Waals surface area contributed by atoms with E-state index in [0.717, 1.165) is 16.9 Å². The second-order valence-electron chi connectivity index (χ2n) is 8.40. The van der Waals surface area contributed by atoms with Crippen LogP contribution in [0.15, 0.2) is 84.9 Å². The van der Waals surface area contributed by atoms with Gasteiger partial charge in [0.2, 0.25) is 11.8 Å². The normalized spacial score (nSPS) is 11.6. The van der Waals surface area contributed by atoms with Crippen molar-refractivity contribution in [2.75, 3.05) is 12.3 Å². The summed E-state index contributed by atoms with van der Waals surface area (Å²) in [6.45, 7) is 4.90. The second-order valence-corrected chi connectivity index (χ2v) is 9.50. The Balaban J connectivity index is 1.76. The van der Waals surface area contributed by atoms with Crippen LogP contribution in [0.2, 0.25) is 0 Å². The summed E-state index contributed by atoms with van der Waals surface area (Å²) in [4.78, 5) is 28.4. The molecule has 1 atom stereocenters. The van der Waals surface area contributed by atoms with Crippen LogP contribution in [-0.2, 0) is 28.3 Å². The average molecular weight is 475 g/mol. The van der Waals surface area contributed by atoms with Gasteiger partial charge in [-0.25, -0.2) is 0 Å². The topological polar surface area (TPSA) is 49.4 Å². The molecule has 0 heterocycles. The zero-order valence-electron chi connectivity index (χ0n) is 20.1. The standard InChI is InChI=1S/C29H34N2O2S/c1-3-30-29(33)27(20-24-10-6-4-7-11-24)31(21-25-16-14-23(2)15-17-25)28(32)18-19-34-22-26-12-8-5-9-13-26/h4-17,27H,3,18-22H2,1-2H3,(H,30,33)/t27-/m1/s1. The number of thioether (sulfide) groups is 1. The van der Waals surface area contributed by atoms with E-state index in [4.69, 9.17) is 0 Å². The Bertz CT molecular complexity index is 1020. The Labute approximate surface area is 207 Å². The molecule has 34 heavy (non-hydrogen) atoms. The molecule has 0 saturated carbocycles. The number of nitrogens with one attached hydrogen (secondary N) is 1. The summed E-state index contributed by atoms with van der Waals surface area (Å²) in [5.74, 6) is 1.48. The van der Waals surface area contributed by atoms with Crippen LogP contribution in [0.5, 0.6) is 0 Å². The number of benzene rings is 3. The highest BCUT2D eigenvalue weighted by molar-refractivity contribution is 7.98. The third-order valence-electron chi connectivity index (χ3n) is 5.67. The van der Waals surface area contributed by atoms with Gasteiger partial charge >= 0.3 is 0 Å². The molecule has 0 radical (unpaired) electrons. The van der Waals surface area contributed by atoms with Crippen molar-refractivity contribution in [1.82, 2.24) is 10.2 Å². The predicted octanol–water partition coefficient (Wildman–Crippen LogP) is 5.39. The van der Waals surface area contributed by atoms with E-state index in [-0.39, 0.29) is 11.8 Å². The first-order valence-corrected chi connectivity index (χ1v) is 13.0. The van der Waals surface area contributed by atoms with Crippen LogP contribution in [-0.4, -0.2) is 35.1 Å². The number of hydrogen-bond acceptors (Lipinski definition) is 3. The van der Waals surface area contributed by atoms with Crippen LogP contribution in [0, 0.1) is 6.92 Å². The SMILES string of the molecule is CCNC(=O)[C@@H](Cc1ccccc1)N(Cc1ccc(C)cc1)C(=O)CCSCc1ccccc1. The lowest BCUT2D eigenvalue weighted by molar-refractivity contribution is -0.140. The molecular formula is C29H34N2O2S. The van der Waals surface area contributed by atoms with Gasteiger partial charge in [0.15, 0.2) is 0 Å². The van der Waals surface area contributed by atoms with E-state index in [1.165, 1.54) is 11.1 Å². The van der Waals surface area contributed by atoms with E-state index in [9.17, 15) is 9.59 Å². The third kappa shape index (κ3) is 8.07. The fourth-order valence-corrected chi connectivity index (χ4v) is 4.69. The van der Waals surface area contributed by atoms with Crippen molar-refractivity contribution >= 4 is 23.6 Å². The van der Waals surface area contributed by atoms with E-state index in [1.807, 2.05) is 86.6 Å². The van der Waals surface area contributed by atoms with Crippen LogP contribution in [0.4, 0.5) is 0 Å². The van der Waals surface area contributed by atoms with E-state index in [1.54, 1.807) is 16.7 Å². The molecule has 4 nitrogen and oxygen atoms in total. The van der Waals surface area contributed by atoms with Crippen molar-refractivity contribution in [2.24, 2.45) is 0 Å². The smallest absolute Gasteiger partial charge is 0.243 e. The maximum absolute atomic E-state index is 13.5. The number of carbonyl (C=O) groups excluding carboxylic acids is 2. The van der Waals surface area contributed by atoms with Gasteiger partial charge in [-0.05, 0) is 30.5 Å². The first-order valence-electron chi connectivity index (χ1n) is 11.8. The quantitative estimate of drug-likeness (QED) is 0.358. The summed E-state index contributed by atoms with van der Waals surface area (Å²) in [7, 11) is 0. The first-order chi connectivity index (χ1) is 16.6. The van der Waals surface area contributed by atoms with Gasteiger partial charge in [-0.1, -0.05) is 90.5 Å². The van der Waals surface area contributed by atoms with Crippen molar-refractivity contribution in [3.05, 3.63) is 107 Å². The monoisotopic (exact) mass is 474 g/mol. The predicted molar refractivity (Wildman–Crippen MR) is 142 cm³/mol. The van der Waals surface area contributed by atoms with Crippen molar-refractivity contribution in [2.45, 2.75) is 45.0 Å². The Morgan fingerprint density at radius 2 is 1.47 bits per heavy atom. The van der Waals surface area contributed by atoms with Gasteiger partial charge in [0.05, 0.1) is 0 Å². The lowest BCUT2D eigenvalue weighted by Gasteiger charge is -2.31. The number of amides is 2. The van der Waals surface area contributed by atoms with Gasteiger partial charge in [-0.3, -0.25) is 9.59 Å². The van der Waals surface area contributed by atoms with Crippen molar-refractivity contribution < 1.29 is 9.59 Å². The summed E-state index contributed by atoms with van der Waals surface area (Å²) >= 11 is 1.75. The Kier molecular flexibility index (Phi) is 10.2. The number of rotatable bonds is 12. The van der Waals surface area contributed by atoms with Crippen molar-refractivity contribution in [1.29, 1.82) is 0 Å². The minimum atomic E-state index is -0.560. The van der Waals surface area contributed by atoms with Crippen LogP contribution in [0.1, 0.15) is 35.6 Å². The Hall–Kier alpha value is -3.05. The van der Waals surface area contributed by atoms with Gasteiger partial charge in [0, 0.05) is 37.4 Å². The number of carbonyl (C=O) groups is 2. The second kappa shape index (κ2) is 13.6. The first kappa shape index (κ1) is 25.6. The Morgan fingerprint density at radius 3 is 2.09 bits per heavy atom. The number of hydrogen-bond donors (Lipinski definition) is 1. The van der Waals surface area contributed by atoms with Crippen LogP contribution >= 0.6 is 11.8 Å². The molecule has 5 heteroatoms. The molecule has 3 aromatic rings. The molecular weight excluding hydrogens is 440 g/mol. The fraction of sp³-hybridized carbons (Fsp3) is 0.310. The molecule has 0 saturated heterocycles. The zero-order valence-corrected chi connectivity index (χ0v) is 20.9. The lowest BCUT2D eigenvalue weighted by atomic mass is 10.0. The highest BCUT2D eigenvalue weighted by atomic mass is 32.2. The number of likely N-dealkylation sites (N-methyl/N-ethyl adjacent to an activating group) is 1. The molecule has 0 spiro atoms. The molecule has 1 N–H and O–H groups in total. The van der Waals surface area contributed by atoms with Gasteiger partial charge < -0.3 is 10.2 Å². The molecule has 0 aliphatic heterocycles. The highest BCUT2D eigenvalue weighted by Gasteiger charge is 2.29. The summed E-state index contributed by atoms with van der Waals surface area (Å²) in [6, 6.07) is 27.8. The molecule has 3 rings (SSSR count). The Morgan fingerprint density at radius 1 is 0.853 bits per heavy atom. The van der Waals surface area contributed by atoms with E-state index in [0.29, 0.717) is 31.7 Å². The lowest BCUT2D eigenvalue weighted by Crippen LogP contribution is -2.50. The fourth-order valence-electron chi connectivity index (χ4n) is 3.80. The largest absolute Gasteiger partial charge is 0.355 e. The average Bonchev–Trinajstić information content (AvgIpc) is 2.86. The molecule has 0 bridgehead atoms. The maximum Gasteiger partial charge on any atom is 0.243 e.